The van der Waals surface area contributed by atoms with E-state index in [2.05, 4.69) is 20.3 Å². The van der Waals surface area contributed by atoms with E-state index in [1.54, 1.807) is 6.07 Å². The third kappa shape index (κ3) is 4.24. The summed E-state index contributed by atoms with van der Waals surface area (Å²) in [6, 6.07) is 0.295. The minimum Gasteiger partial charge on any atom is -0.480 e. The molecule has 1 atom stereocenters. The predicted octanol–water partition coefficient (Wildman–Crippen LogP) is -0.915. The van der Waals surface area contributed by atoms with Crippen LogP contribution >= 0.6 is 0 Å². The molecular formula is C10H13N3O5. The number of esters is 1. The lowest BCUT2D eigenvalue weighted by Crippen LogP contribution is -2.43. The van der Waals surface area contributed by atoms with Gasteiger partial charge in [-0.1, -0.05) is 0 Å². The number of amides is 1. The fourth-order valence-electron chi connectivity index (χ4n) is 1.25. The number of hydrogen-bond donors (Lipinski definition) is 3. The normalized spacial score (nSPS) is 11.6. The number of aromatic amines is 1. The maximum Gasteiger partial charge on any atom is 0.326 e. The molecule has 3 N–H and O–H groups in total. The fourth-order valence-corrected chi connectivity index (χ4v) is 1.25. The first-order chi connectivity index (χ1) is 8.52. The van der Waals surface area contributed by atoms with Crippen LogP contribution in [0.2, 0.25) is 0 Å². The topological polar surface area (TPSA) is 121 Å². The number of rotatable bonds is 6. The van der Waals surface area contributed by atoms with Crippen LogP contribution in [0.4, 0.5) is 0 Å². The zero-order valence-electron chi connectivity index (χ0n) is 9.67. The summed E-state index contributed by atoms with van der Waals surface area (Å²) in [5, 5.41) is 17.3. The minimum absolute atomic E-state index is 0.0368. The van der Waals surface area contributed by atoms with Gasteiger partial charge in [-0.05, 0) is 6.07 Å². The van der Waals surface area contributed by atoms with Crippen LogP contribution in [0.5, 0.6) is 0 Å². The Labute approximate surface area is 102 Å². The molecule has 0 fully saturated rings. The second kappa shape index (κ2) is 6.38. The Morgan fingerprint density at radius 2 is 2.28 bits per heavy atom. The van der Waals surface area contributed by atoms with Gasteiger partial charge >= 0.3 is 11.9 Å². The first kappa shape index (κ1) is 13.7. The Balaban J connectivity index is 2.52. The van der Waals surface area contributed by atoms with Gasteiger partial charge in [0.1, 0.15) is 6.04 Å². The molecule has 0 spiro atoms. The minimum atomic E-state index is -1.30. The molecule has 8 heteroatoms. The van der Waals surface area contributed by atoms with E-state index in [0.717, 1.165) is 7.11 Å². The number of nitrogens with one attached hydrogen (secondary N) is 2. The third-order valence-electron chi connectivity index (χ3n) is 2.14. The van der Waals surface area contributed by atoms with Gasteiger partial charge in [-0.25, -0.2) is 4.79 Å². The third-order valence-corrected chi connectivity index (χ3v) is 2.14. The molecule has 0 saturated carbocycles. The Morgan fingerprint density at radius 3 is 2.78 bits per heavy atom. The molecule has 1 aromatic rings. The van der Waals surface area contributed by atoms with E-state index in [0.29, 0.717) is 5.69 Å². The zero-order valence-corrected chi connectivity index (χ0v) is 9.67. The van der Waals surface area contributed by atoms with Gasteiger partial charge in [-0.2, -0.15) is 5.10 Å². The van der Waals surface area contributed by atoms with Gasteiger partial charge < -0.3 is 15.2 Å². The Morgan fingerprint density at radius 1 is 1.56 bits per heavy atom. The molecule has 18 heavy (non-hydrogen) atoms. The smallest absolute Gasteiger partial charge is 0.326 e. The second-order valence-electron chi connectivity index (χ2n) is 3.50. The summed E-state index contributed by atoms with van der Waals surface area (Å²) in [7, 11) is 1.15. The van der Waals surface area contributed by atoms with Gasteiger partial charge in [0.2, 0.25) is 5.91 Å². The zero-order chi connectivity index (χ0) is 13.5. The molecule has 0 unspecified atom stereocenters. The highest BCUT2D eigenvalue weighted by Crippen LogP contribution is 1.98. The number of aliphatic carboxylic acids is 1. The lowest BCUT2D eigenvalue weighted by molar-refractivity contribution is -0.148. The van der Waals surface area contributed by atoms with Crippen molar-refractivity contribution >= 4 is 17.8 Å². The lowest BCUT2D eigenvalue weighted by atomic mass is 10.2. The maximum absolute atomic E-state index is 11.5. The van der Waals surface area contributed by atoms with Crippen molar-refractivity contribution in [2.45, 2.75) is 18.9 Å². The number of methoxy groups -OCH3 is 1. The number of carbonyl (C=O) groups is 3. The van der Waals surface area contributed by atoms with Crippen molar-refractivity contribution in [1.82, 2.24) is 15.5 Å². The van der Waals surface area contributed by atoms with Crippen molar-refractivity contribution in [2.75, 3.05) is 7.11 Å². The summed E-state index contributed by atoms with van der Waals surface area (Å²) < 4.78 is 4.35. The molecule has 8 nitrogen and oxygen atoms in total. The summed E-state index contributed by atoms with van der Waals surface area (Å²) in [5.41, 5.74) is 0.551. The number of hydrogen-bond acceptors (Lipinski definition) is 5. The maximum atomic E-state index is 11.5. The Bertz CT molecular complexity index is 429. The Kier molecular flexibility index (Phi) is 4.85. The van der Waals surface area contributed by atoms with Crippen LogP contribution in [0.25, 0.3) is 0 Å². The van der Waals surface area contributed by atoms with E-state index in [4.69, 9.17) is 5.11 Å². The molecule has 0 saturated heterocycles. The monoisotopic (exact) mass is 255 g/mol. The summed E-state index contributed by atoms with van der Waals surface area (Å²) in [6.45, 7) is 0. The van der Waals surface area contributed by atoms with E-state index in [1.165, 1.54) is 6.20 Å². The van der Waals surface area contributed by atoms with Crippen LogP contribution < -0.4 is 5.32 Å². The highest BCUT2D eigenvalue weighted by Gasteiger charge is 2.23. The van der Waals surface area contributed by atoms with Crippen molar-refractivity contribution < 1.29 is 24.2 Å². The quantitative estimate of drug-likeness (QED) is 0.565. The first-order valence-electron chi connectivity index (χ1n) is 5.10. The molecule has 98 valence electrons. The van der Waals surface area contributed by atoms with Gasteiger partial charge in [-0.15, -0.1) is 0 Å². The molecule has 1 rings (SSSR count). The van der Waals surface area contributed by atoms with E-state index in [9.17, 15) is 14.4 Å². The van der Waals surface area contributed by atoms with Crippen molar-refractivity contribution in [2.24, 2.45) is 0 Å². The lowest BCUT2D eigenvalue weighted by Gasteiger charge is -2.12. The highest BCUT2D eigenvalue weighted by molar-refractivity contribution is 5.87. The summed E-state index contributed by atoms with van der Waals surface area (Å²) in [5.74, 6) is -2.52. The number of aromatic nitrogens is 2. The fraction of sp³-hybridized carbons (Fsp3) is 0.400. The van der Waals surface area contributed by atoms with Gasteiger partial charge in [0.15, 0.2) is 0 Å². The number of carboxylic acid groups (broad SMARTS) is 1. The van der Waals surface area contributed by atoms with Crippen molar-refractivity contribution in [3.8, 4) is 0 Å². The molecule has 0 aliphatic heterocycles. The number of nitrogens with zero attached hydrogens (tertiary/aromatic N) is 1. The summed E-state index contributed by atoms with van der Waals surface area (Å²) >= 11 is 0. The number of carbonyl (C=O) groups excluding carboxylic acids is 2. The van der Waals surface area contributed by atoms with Gasteiger partial charge in [0, 0.05) is 11.9 Å². The molecule has 0 bridgehead atoms. The predicted molar refractivity (Wildman–Crippen MR) is 58.5 cm³/mol. The van der Waals surface area contributed by atoms with Crippen LogP contribution in [0, 0.1) is 0 Å². The molecule has 0 aliphatic rings. The second-order valence-corrected chi connectivity index (χ2v) is 3.50. The molecule has 0 aromatic carbocycles. The van der Waals surface area contributed by atoms with Crippen LogP contribution in [0.3, 0.4) is 0 Å². The number of carboxylic acids is 1. The van der Waals surface area contributed by atoms with E-state index in [-0.39, 0.29) is 6.42 Å². The van der Waals surface area contributed by atoms with Crippen molar-refractivity contribution in [1.29, 1.82) is 0 Å². The molecule has 0 aliphatic carbocycles. The average molecular weight is 255 g/mol. The van der Waals surface area contributed by atoms with Gasteiger partial charge in [0.05, 0.1) is 20.0 Å². The Hall–Kier alpha value is -2.38. The molecule has 1 aromatic heterocycles. The molecular weight excluding hydrogens is 242 g/mol. The van der Waals surface area contributed by atoms with Gasteiger partial charge in [0.25, 0.3) is 0 Å². The van der Waals surface area contributed by atoms with Crippen LogP contribution in [0.15, 0.2) is 12.3 Å². The van der Waals surface area contributed by atoms with E-state index >= 15 is 0 Å². The average Bonchev–Trinajstić information content (AvgIpc) is 2.80. The summed E-state index contributed by atoms with van der Waals surface area (Å²) in [6.07, 6.45) is 1.03. The summed E-state index contributed by atoms with van der Waals surface area (Å²) in [4.78, 5) is 33.3. The van der Waals surface area contributed by atoms with E-state index < -0.39 is 30.3 Å². The SMILES string of the molecule is COC(=O)C[C@H](NC(=O)Cc1ccn[nH]1)C(=O)O. The van der Waals surface area contributed by atoms with Crippen LogP contribution in [-0.2, 0) is 25.5 Å². The molecule has 0 radical (unpaired) electrons. The standard InChI is InChI=1S/C10H13N3O5/c1-18-9(15)5-7(10(16)17)12-8(14)4-6-2-3-11-13-6/h2-3,7H,4-5H2,1H3,(H,11,13)(H,12,14)(H,16,17)/t7-/m0/s1. The van der Waals surface area contributed by atoms with Gasteiger partial charge in [-0.3, -0.25) is 14.7 Å². The number of ether oxygens (including phenoxy) is 1. The van der Waals surface area contributed by atoms with E-state index in [1.807, 2.05) is 0 Å². The number of H-pyrrole nitrogens is 1. The highest BCUT2D eigenvalue weighted by atomic mass is 16.5. The molecule has 1 heterocycles. The van der Waals surface area contributed by atoms with Crippen LogP contribution in [-0.4, -0.2) is 46.3 Å². The van der Waals surface area contributed by atoms with Crippen LogP contribution in [0.1, 0.15) is 12.1 Å². The largest absolute Gasteiger partial charge is 0.480 e. The van der Waals surface area contributed by atoms with Crippen molar-refractivity contribution in [3.63, 3.8) is 0 Å². The first-order valence-corrected chi connectivity index (χ1v) is 5.10. The molecule has 1 amide bonds. The van der Waals surface area contributed by atoms with Crippen molar-refractivity contribution in [3.05, 3.63) is 18.0 Å².